The molecule has 0 bridgehead atoms. The molecule has 3 amide bonds. The first-order chi connectivity index (χ1) is 20.2. The monoisotopic (exact) mass is 630 g/mol. The normalized spacial score (nSPS) is 11.1. The Balaban J connectivity index is 1.39. The maximum Gasteiger partial charge on any atom is 0.291 e. The first kappa shape index (κ1) is 31.3. The summed E-state index contributed by atoms with van der Waals surface area (Å²) in [6, 6.07) is 15.8. The number of hydrogen-bond donors (Lipinski definition) is 3. The average molecular weight is 632 g/mol. The number of hydrogen-bond acceptors (Lipinski definition) is 5. The van der Waals surface area contributed by atoms with Gasteiger partial charge in [-0.25, -0.2) is 0 Å². The summed E-state index contributed by atoms with van der Waals surface area (Å²) in [6.45, 7) is 1.34. The van der Waals surface area contributed by atoms with E-state index in [4.69, 9.17) is 27.6 Å². The van der Waals surface area contributed by atoms with Gasteiger partial charge in [0.1, 0.15) is 17.0 Å². The van der Waals surface area contributed by atoms with E-state index in [-0.39, 0.29) is 28.5 Å². The van der Waals surface area contributed by atoms with Gasteiger partial charge in [-0.15, -0.1) is 23.2 Å². The molecule has 9 nitrogen and oxygen atoms in total. The molecule has 0 spiro atoms. The van der Waals surface area contributed by atoms with E-state index < -0.39 is 5.91 Å². The first-order valence-corrected chi connectivity index (χ1v) is 16.6. The van der Waals surface area contributed by atoms with Crippen LogP contribution in [0.3, 0.4) is 0 Å². The lowest BCUT2D eigenvalue weighted by atomic mass is 10.2. The van der Waals surface area contributed by atoms with E-state index in [0.29, 0.717) is 65.0 Å². The molecule has 0 aliphatic heterocycles. The molecule has 42 heavy (non-hydrogen) atoms. The fourth-order valence-corrected chi connectivity index (χ4v) is 5.33. The molecule has 2 heterocycles. The molecule has 222 valence electrons. The highest BCUT2D eigenvalue weighted by Gasteiger charge is 2.17. The molecule has 0 saturated heterocycles. The van der Waals surface area contributed by atoms with Crippen molar-refractivity contribution in [3.05, 3.63) is 72.2 Å². The van der Waals surface area contributed by atoms with Gasteiger partial charge in [-0.05, 0) is 65.5 Å². The van der Waals surface area contributed by atoms with Crippen LogP contribution in [0.2, 0.25) is 0 Å². The predicted octanol–water partition coefficient (Wildman–Crippen LogP) is 5.77. The summed E-state index contributed by atoms with van der Waals surface area (Å²) < 4.78 is 7.42. The van der Waals surface area contributed by atoms with E-state index in [1.54, 1.807) is 48.1 Å². The highest BCUT2D eigenvalue weighted by molar-refractivity contribution is 7.95. The number of benzene rings is 2. The predicted molar refractivity (Wildman–Crippen MR) is 175 cm³/mol. The van der Waals surface area contributed by atoms with Crippen LogP contribution in [0.25, 0.3) is 11.0 Å². The van der Waals surface area contributed by atoms with Crippen LogP contribution in [0.4, 0.5) is 22.7 Å². The van der Waals surface area contributed by atoms with Gasteiger partial charge in [0.25, 0.3) is 11.8 Å². The number of anilines is 4. The smallest absolute Gasteiger partial charge is 0.291 e. The van der Waals surface area contributed by atoms with Gasteiger partial charge < -0.3 is 29.8 Å². The van der Waals surface area contributed by atoms with Crippen LogP contribution in [0.5, 0.6) is 0 Å². The van der Waals surface area contributed by atoms with Crippen LogP contribution < -0.4 is 20.9 Å². The first-order valence-electron chi connectivity index (χ1n) is 13.3. The van der Waals surface area contributed by atoms with Crippen molar-refractivity contribution in [2.75, 3.05) is 64.0 Å². The summed E-state index contributed by atoms with van der Waals surface area (Å²) in [5.41, 5.74) is 3.59. The van der Waals surface area contributed by atoms with Crippen molar-refractivity contribution in [1.82, 2.24) is 4.57 Å². The Hall–Kier alpha value is -3.60. The third-order valence-corrected chi connectivity index (χ3v) is 7.81. The number of rotatable bonds is 13. The van der Waals surface area contributed by atoms with E-state index in [2.05, 4.69) is 33.4 Å². The summed E-state index contributed by atoms with van der Waals surface area (Å²) >= 11 is 11.8. The minimum absolute atomic E-state index is 0.0767. The molecule has 0 radical (unpaired) electrons. The molecule has 0 unspecified atom stereocenters. The molecular formula is C30H34Cl2N5O4S+. The molecule has 0 aliphatic carbocycles. The number of alkyl halides is 2. The Kier molecular flexibility index (Phi) is 10.8. The third-order valence-electron chi connectivity index (χ3n) is 6.46. The van der Waals surface area contributed by atoms with Gasteiger partial charge in [-0.2, -0.15) is 0 Å². The van der Waals surface area contributed by atoms with Gasteiger partial charge in [0.15, 0.2) is 5.76 Å². The molecular weight excluding hydrogens is 597 g/mol. The molecule has 4 rings (SSSR count). The highest BCUT2D eigenvalue weighted by Crippen LogP contribution is 2.25. The SMILES string of the molecule is Cn1cc(NC(=O)CC[S+](C)C)cc1C(=O)Nc1ccc2oc(C(=O)Nc3ccc(N(CCCl)CCCl)cc3)cc2c1. The number of fused-ring (bicyclic) bond motifs is 1. The van der Waals surface area contributed by atoms with E-state index in [9.17, 15) is 14.4 Å². The van der Waals surface area contributed by atoms with Crippen LogP contribution in [0, 0.1) is 0 Å². The third kappa shape index (κ3) is 8.24. The second-order valence-electron chi connectivity index (χ2n) is 9.90. The quantitative estimate of drug-likeness (QED) is 0.128. The Morgan fingerprint density at radius 1 is 0.857 bits per heavy atom. The Morgan fingerprint density at radius 2 is 1.52 bits per heavy atom. The maximum absolute atomic E-state index is 13.0. The van der Waals surface area contributed by atoms with Crippen LogP contribution in [0.1, 0.15) is 27.5 Å². The summed E-state index contributed by atoms with van der Waals surface area (Å²) in [7, 11) is 1.93. The van der Waals surface area contributed by atoms with Crippen molar-refractivity contribution in [3.8, 4) is 0 Å². The van der Waals surface area contributed by atoms with Crippen LogP contribution in [0.15, 0.2) is 65.2 Å². The second kappa shape index (κ2) is 14.5. The molecule has 0 atom stereocenters. The zero-order chi connectivity index (χ0) is 30.2. The fourth-order valence-electron chi connectivity index (χ4n) is 4.33. The van der Waals surface area contributed by atoms with E-state index in [0.717, 1.165) is 11.4 Å². The lowest BCUT2D eigenvalue weighted by Gasteiger charge is -2.23. The molecule has 0 fully saturated rings. The average Bonchev–Trinajstić information content (AvgIpc) is 3.55. The standard InChI is InChI=1S/C30H33Cl2N5O4S/c1-36-19-23(33-28(38)10-15-42(2)3)18-25(36)29(39)35-22-6-9-26-20(16-22)17-27(41-26)30(40)34-21-4-7-24(8-5-21)37(13-11-31)14-12-32/h4-9,16-19H,10-15H2,1-3H3,(H2-,33,34,35,38,39,40)/p+1. The van der Waals surface area contributed by atoms with E-state index in [1.807, 2.05) is 24.3 Å². The molecule has 0 saturated carbocycles. The van der Waals surface area contributed by atoms with Crippen molar-refractivity contribution < 1.29 is 18.8 Å². The van der Waals surface area contributed by atoms with Crippen molar-refractivity contribution in [3.63, 3.8) is 0 Å². The fraction of sp³-hybridized carbons (Fsp3) is 0.300. The molecule has 0 aliphatic rings. The summed E-state index contributed by atoms with van der Waals surface area (Å²) in [4.78, 5) is 40.2. The van der Waals surface area contributed by atoms with Gasteiger partial charge in [-0.3, -0.25) is 14.4 Å². The second-order valence-corrected chi connectivity index (χ2v) is 13.0. The van der Waals surface area contributed by atoms with Crippen LogP contribution in [-0.4, -0.2) is 65.4 Å². The summed E-state index contributed by atoms with van der Waals surface area (Å²) in [6.07, 6.45) is 6.33. The number of carbonyl (C=O) groups excluding carboxylic acids is 3. The summed E-state index contributed by atoms with van der Waals surface area (Å²) in [5, 5.41) is 9.24. The number of aryl methyl sites for hydroxylation is 1. The number of halogens is 2. The van der Waals surface area contributed by atoms with Gasteiger partial charge in [0, 0.05) is 60.5 Å². The van der Waals surface area contributed by atoms with E-state index >= 15 is 0 Å². The van der Waals surface area contributed by atoms with Crippen molar-refractivity contribution >= 4 is 85.5 Å². The molecule has 3 N–H and O–H groups in total. The highest BCUT2D eigenvalue weighted by atomic mass is 35.5. The van der Waals surface area contributed by atoms with Gasteiger partial charge in [0.2, 0.25) is 5.91 Å². The van der Waals surface area contributed by atoms with E-state index in [1.165, 1.54) is 0 Å². The lowest BCUT2D eigenvalue weighted by molar-refractivity contribution is -0.115. The topological polar surface area (TPSA) is 109 Å². The number of amides is 3. The van der Waals surface area contributed by atoms with Crippen molar-refractivity contribution in [2.45, 2.75) is 6.42 Å². The minimum Gasteiger partial charge on any atom is -0.451 e. The number of nitrogens with one attached hydrogen (secondary N) is 3. The van der Waals surface area contributed by atoms with Gasteiger partial charge in [0.05, 0.1) is 24.6 Å². The van der Waals surface area contributed by atoms with Gasteiger partial charge >= 0.3 is 0 Å². The number of furan rings is 1. The molecule has 4 aromatic rings. The van der Waals surface area contributed by atoms with Crippen molar-refractivity contribution in [2.24, 2.45) is 7.05 Å². The molecule has 2 aromatic heterocycles. The lowest BCUT2D eigenvalue weighted by Crippen LogP contribution is -2.27. The Morgan fingerprint density at radius 3 is 2.19 bits per heavy atom. The maximum atomic E-state index is 13.0. The number of carbonyl (C=O) groups is 3. The van der Waals surface area contributed by atoms with Crippen LogP contribution >= 0.6 is 23.2 Å². The zero-order valence-corrected chi connectivity index (χ0v) is 26.0. The zero-order valence-electron chi connectivity index (χ0n) is 23.7. The summed E-state index contributed by atoms with van der Waals surface area (Å²) in [5.74, 6) is 1.13. The van der Waals surface area contributed by atoms with Gasteiger partial charge in [-0.1, -0.05) is 0 Å². The largest absolute Gasteiger partial charge is 0.451 e. The Bertz CT molecular complexity index is 1550. The number of aromatic nitrogens is 1. The minimum atomic E-state index is -0.393. The molecule has 12 heteroatoms. The molecule has 2 aromatic carbocycles. The Labute approximate surface area is 257 Å². The van der Waals surface area contributed by atoms with Crippen LogP contribution in [-0.2, 0) is 22.7 Å². The van der Waals surface area contributed by atoms with Crippen molar-refractivity contribution in [1.29, 1.82) is 0 Å². The number of nitrogens with zero attached hydrogens (tertiary/aromatic N) is 2.